The summed E-state index contributed by atoms with van der Waals surface area (Å²) in [5, 5.41) is 0. The number of hydrogen-bond acceptors (Lipinski definition) is 0. The molecule has 0 spiro atoms. The van der Waals surface area contributed by atoms with Gasteiger partial charge >= 0.3 is 0 Å². The fraction of sp³-hybridized carbons (Fsp3) is 1.00. The largest absolute Gasteiger partial charge is 0.0625 e. The highest BCUT2D eigenvalue weighted by atomic mass is 14.5. The van der Waals surface area contributed by atoms with Crippen molar-refractivity contribution in [2.75, 3.05) is 0 Å². The summed E-state index contributed by atoms with van der Waals surface area (Å²) in [5.41, 5.74) is 0. The van der Waals surface area contributed by atoms with Crippen molar-refractivity contribution in [2.24, 2.45) is 47.3 Å². The van der Waals surface area contributed by atoms with E-state index in [2.05, 4.69) is 41.5 Å². The van der Waals surface area contributed by atoms with Crippen molar-refractivity contribution in [3.63, 3.8) is 0 Å². The molecule has 5 unspecified atom stereocenters. The first kappa shape index (κ1) is 17.4. The van der Waals surface area contributed by atoms with Crippen LogP contribution in [0, 0.1) is 47.3 Å². The molecular weight excluding hydrogens is 252 g/mol. The van der Waals surface area contributed by atoms with Crippen molar-refractivity contribution in [1.82, 2.24) is 0 Å². The SMILES string of the molecule is CC(C)C1CCC(C2CCCCC2C(C)C)C(C(C)C)C1. The zero-order chi connectivity index (χ0) is 15.6. The van der Waals surface area contributed by atoms with Crippen molar-refractivity contribution in [3.8, 4) is 0 Å². The van der Waals surface area contributed by atoms with Crippen LogP contribution in [-0.4, -0.2) is 0 Å². The fourth-order valence-corrected chi connectivity index (χ4v) is 5.71. The zero-order valence-corrected chi connectivity index (χ0v) is 15.6. The van der Waals surface area contributed by atoms with Gasteiger partial charge in [-0.25, -0.2) is 0 Å². The normalized spacial score (nSPS) is 38.4. The third-order valence-corrected chi connectivity index (χ3v) is 7.08. The van der Waals surface area contributed by atoms with Gasteiger partial charge in [-0.3, -0.25) is 0 Å². The first-order valence-electron chi connectivity index (χ1n) is 9.91. The van der Waals surface area contributed by atoms with Gasteiger partial charge in [-0.1, -0.05) is 54.4 Å². The summed E-state index contributed by atoms with van der Waals surface area (Å²) in [6.07, 6.45) is 10.6. The Balaban J connectivity index is 2.12. The van der Waals surface area contributed by atoms with Gasteiger partial charge in [0.05, 0.1) is 0 Å². The number of rotatable bonds is 4. The molecule has 0 heteroatoms. The molecule has 124 valence electrons. The molecule has 0 radical (unpaired) electrons. The van der Waals surface area contributed by atoms with Crippen molar-refractivity contribution in [3.05, 3.63) is 0 Å². The van der Waals surface area contributed by atoms with Gasteiger partial charge in [-0.05, 0) is 79.4 Å². The molecule has 2 aliphatic carbocycles. The van der Waals surface area contributed by atoms with Crippen LogP contribution in [0.3, 0.4) is 0 Å². The fourth-order valence-electron chi connectivity index (χ4n) is 5.71. The second kappa shape index (κ2) is 7.51. The Labute approximate surface area is 134 Å². The van der Waals surface area contributed by atoms with Crippen LogP contribution in [-0.2, 0) is 0 Å². The first-order valence-corrected chi connectivity index (χ1v) is 9.91. The second-order valence-electron chi connectivity index (χ2n) is 9.25. The lowest BCUT2D eigenvalue weighted by atomic mass is 9.57. The number of hydrogen-bond donors (Lipinski definition) is 0. The molecule has 0 N–H and O–H groups in total. The Kier molecular flexibility index (Phi) is 6.21. The van der Waals surface area contributed by atoms with E-state index < -0.39 is 0 Å². The summed E-state index contributed by atoms with van der Waals surface area (Å²) in [6.45, 7) is 14.8. The van der Waals surface area contributed by atoms with Crippen molar-refractivity contribution >= 4 is 0 Å². The molecule has 0 heterocycles. The van der Waals surface area contributed by atoms with Gasteiger partial charge in [0.2, 0.25) is 0 Å². The van der Waals surface area contributed by atoms with E-state index in [0.29, 0.717) is 0 Å². The molecule has 0 aromatic rings. The summed E-state index contributed by atoms with van der Waals surface area (Å²) in [5.74, 6) is 7.74. The predicted octanol–water partition coefficient (Wildman–Crippen LogP) is 6.79. The van der Waals surface area contributed by atoms with Crippen LogP contribution in [0.2, 0.25) is 0 Å². The summed E-state index contributed by atoms with van der Waals surface area (Å²) in [6, 6.07) is 0. The van der Waals surface area contributed by atoms with E-state index in [-0.39, 0.29) is 0 Å². The molecule has 2 fully saturated rings. The molecule has 0 aromatic heterocycles. The van der Waals surface area contributed by atoms with Crippen LogP contribution in [0.15, 0.2) is 0 Å². The molecule has 2 saturated carbocycles. The molecule has 0 saturated heterocycles. The van der Waals surface area contributed by atoms with Crippen LogP contribution in [0.25, 0.3) is 0 Å². The van der Waals surface area contributed by atoms with Gasteiger partial charge in [-0.15, -0.1) is 0 Å². The van der Waals surface area contributed by atoms with E-state index in [1.54, 1.807) is 0 Å². The second-order valence-corrected chi connectivity index (χ2v) is 9.25. The van der Waals surface area contributed by atoms with E-state index in [1.807, 2.05) is 0 Å². The molecule has 0 amide bonds. The highest BCUT2D eigenvalue weighted by Gasteiger charge is 2.41. The predicted molar refractivity (Wildman–Crippen MR) is 94.3 cm³/mol. The van der Waals surface area contributed by atoms with Crippen LogP contribution in [0.1, 0.15) is 86.5 Å². The Morgan fingerprint density at radius 3 is 1.71 bits per heavy atom. The Morgan fingerprint density at radius 1 is 0.571 bits per heavy atom. The highest BCUT2D eigenvalue weighted by molar-refractivity contribution is 4.91. The Morgan fingerprint density at radius 2 is 1.14 bits per heavy atom. The van der Waals surface area contributed by atoms with E-state index in [1.165, 1.54) is 44.9 Å². The molecule has 21 heavy (non-hydrogen) atoms. The van der Waals surface area contributed by atoms with Crippen LogP contribution in [0.5, 0.6) is 0 Å². The smallest absolute Gasteiger partial charge is 0.0352 e. The standard InChI is InChI=1S/C21H40/c1-14(2)17-11-12-20(21(13-17)16(5)6)19-10-8-7-9-18(19)15(3)4/h14-21H,7-13H2,1-6H3. The Bertz CT molecular complexity index is 301. The highest BCUT2D eigenvalue weighted by Crippen LogP contribution is 2.50. The summed E-state index contributed by atoms with van der Waals surface area (Å²) in [4.78, 5) is 0. The monoisotopic (exact) mass is 292 g/mol. The third-order valence-electron chi connectivity index (χ3n) is 7.08. The van der Waals surface area contributed by atoms with E-state index in [4.69, 9.17) is 0 Å². The van der Waals surface area contributed by atoms with E-state index in [0.717, 1.165) is 47.3 Å². The average Bonchev–Trinajstić information content (AvgIpc) is 2.46. The molecule has 0 aliphatic heterocycles. The van der Waals surface area contributed by atoms with Crippen molar-refractivity contribution < 1.29 is 0 Å². The van der Waals surface area contributed by atoms with Crippen molar-refractivity contribution in [1.29, 1.82) is 0 Å². The molecule has 2 rings (SSSR count). The van der Waals surface area contributed by atoms with Gasteiger partial charge < -0.3 is 0 Å². The van der Waals surface area contributed by atoms with Gasteiger partial charge in [0.1, 0.15) is 0 Å². The molecular formula is C21H40. The minimum absolute atomic E-state index is 0.881. The van der Waals surface area contributed by atoms with Crippen LogP contribution < -0.4 is 0 Å². The van der Waals surface area contributed by atoms with Gasteiger partial charge in [0.15, 0.2) is 0 Å². The lowest BCUT2D eigenvalue weighted by Gasteiger charge is -2.48. The third kappa shape index (κ3) is 4.05. The summed E-state index contributed by atoms with van der Waals surface area (Å²) < 4.78 is 0. The van der Waals surface area contributed by atoms with Crippen LogP contribution >= 0.6 is 0 Å². The minimum Gasteiger partial charge on any atom is -0.0625 e. The molecule has 5 atom stereocenters. The maximum absolute atomic E-state index is 2.49. The molecule has 0 bridgehead atoms. The minimum atomic E-state index is 0.881. The zero-order valence-electron chi connectivity index (χ0n) is 15.6. The van der Waals surface area contributed by atoms with Crippen molar-refractivity contribution in [2.45, 2.75) is 86.5 Å². The van der Waals surface area contributed by atoms with Gasteiger partial charge in [0.25, 0.3) is 0 Å². The first-order chi connectivity index (χ1) is 9.91. The van der Waals surface area contributed by atoms with Gasteiger partial charge in [-0.2, -0.15) is 0 Å². The Hall–Kier alpha value is 0. The van der Waals surface area contributed by atoms with E-state index >= 15 is 0 Å². The van der Waals surface area contributed by atoms with Crippen LogP contribution in [0.4, 0.5) is 0 Å². The lowest BCUT2D eigenvalue weighted by molar-refractivity contribution is 0.0161. The maximum Gasteiger partial charge on any atom is -0.0352 e. The average molecular weight is 293 g/mol. The molecule has 0 nitrogen and oxygen atoms in total. The quantitative estimate of drug-likeness (QED) is 0.535. The summed E-state index contributed by atoms with van der Waals surface area (Å²) in [7, 11) is 0. The topological polar surface area (TPSA) is 0 Å². The molecule has 2 aliphatic rings. The van der Waals surface area contributed by atoms with Gasteiger partial charge in [0, 0.05) is 0 Å². The van der Waals surface area contributed by atoms with E-state index in [9.17, 15) is 0 Å². The molecule has 0 aromatic carbocycles. The lowest BCUT2D eigenvalue weighted by Crippen LogP contribution is -2.40. The summed E-state index contributed by atoms with van der Waals surface area (Å²) >= 11 is 0. The maximum atomic E-state index is 2.49.